The molecule has 0 spiro atoms. The quantitative estimate of drug-likeness (QED) is 0.894. The molecule has 100 valence electrons. The summed E-state index contributed by atoms with van der Waals surface area (Å²) < 4.78 is 2.34. The molecule has 3 heteroatoms. The minimum absolute atomic E-state index is 0.372. The Morgan fingerprint density at radius 3 is 2.74 bits per heavy atom. The molecule has 2 unspecified atom stereocenters. The van der Waals surface area contributed by atoms with Crippen molar-refractivity contribution in [3.63, 3.8) is 0 Å². The van der Waals surface area contributed by atoms with Gasteiger partial charge in [0, 0.05) is 5.69 Å². The van der Waals surface area contributed by atoms with E-state index in [2.05, 4.69) is 60.0 Å². The first kappa shape index (κ1) is 12.4. The third kappa shape index (κ3) is 1.98. The van der Waals surface area contributed by atoms with Gasteiger partial charge in [-0.15, -0.1) is 0 Å². The molecule has 0 saturated carbocycles. The highest BCUT2D eigenvalue weighted by Crippen LogP contribution is 2.38. The Bertz CT molecular complexity index is 585. The van der Waals surface area contributed by atoms with Gasteiger partial charge in [0.1, 0.15) is 0 Å². The Hall–Kier alpha value is -1.61. The van der Waals surface area contributed by atoms with E-state index in [9.17, 15) is 0 Å². The summed E-state index contributed by atoms with van der Waals surface area (Å²) in [6, 6.07) is 9.61. The van der Waals surface area contributed by atoms with Crippen LogP contribution >= 0.6 is 0 Å². The van der Waals surface area contributed by atoms with E-state index >= 15 is 0 Å². The first-order valence-corrected chi connectivity index (χ1v) is 6.97. The number of hydrogen-bond acceptors (Lipinski definition) is 2. The standard InChI is InChI=1S/C16H21N3/c1-11-12(2)19(10-18-11)15-9-8-13-6-4-5-7-14(13)16(15)17-3/h4-7,10,15-17H,8-9H2,1-3H3. The van der Waals surface area contributed by atoms with Crippen LogP contribution in [0, 0.1) is 13.8 Å². The largest absolute Gasteiger partial charge is 0.330 e. The van der Waals surface area contributed by atoms with Gasteiger partial charge in [0.25, 0.3) is 0 Å². The molecule has 0 bridgehead atoms. The molecule has 1 aliphatic carbocycles. The van der Waals surface area contributed by atoms with E-state index < -0.39 is 0 Å². The van der Waals surface area contributed by atoms with Crippen LogP contribution in [-0.2, 0) is 6.42 Å². The molecule has 0 fully saturated rings. The number of fused-ring (bicyclic) bond motifs is 1. The molecular weight excluding hydrogens is 234 g/mol. The smallest absolute Gasteiger partial charge is 0.0954 e. The van der Waals surface area contributed by atoms with Gasteiger partial charge >= 0.3 is 0 Å². The maximum Gasteiger partial charge on any atom is 0.0954 e. The molecule has 1 N–H and O–H groups in total. The van der Waals surface area contributed by atoms with Gasteiger partial charge in [0.05, 0.1) is 24.1 Å². The molecular formula is C16H21N3. The number of imidazole rings is 1. The average Bonchev–Trinajstić information content (AvgIpc) is 2.77. The Labute approximate surface area is 114 Å². The van der Waals surface area contributed by atoms with Gasteiger partial charge in [-0.2, -0.15) is 0 Å². The lowest BCUT2D eigenvalue weighted by Gasteiger charge is -2.35. The van der Waals surface area contributed by atoms with Crippen LogP contribution in [0.15, 0.2) is 30.6 Å². The zero-order valence-corrected chi connectivity index (χ0v) is 11.9. The van der Waals surface area contributed by atoms with Crippen molar-refractivity contribution in [2.75, 3.05) is 7.05 Å². The van der Waals surface area contributed by atoms with Crippen LogP contribution in [0.5, 0.6) is 0 Å². The first-order chi connectivity index (χ1) is 9.22. The SMILES string of the molecule is CNC1c2ccccc2CCC1n1cnc(C)c1C. The maximum absolute atomic E-state index is 4.45. The summed E-state index contributed by atoms with van der Waals surface area (Å²) in [6.45, 7) is 4.24. The summed E-state index contributed by atoms with van der Waals surface area (Å²) in [7, 11) is 2.05. The highest BCUT2D eigenvalue weighted by atomic mass is 15.1. The average molecular weight is 255 g/mol. The van der Waals surface area contributed by atoms with Gasteiger partial charge in [-0.25, -0.2) is 4.98 Å². The van der Waals surface area contributed by atoms with Crippen molar-refractivity contribution in [1.29, 1.82) is 0 Å². The molecule has 0 amide bonds. The molecule has 1 heterocycles. The number of benzene rings is 1. The Kier molecular flexibility index (Phi) is 3.15. The van der Waals surface area contributed by atoms with E-state index in [0.717, 1.165) is 12.1 Å². The number of aromatic nitrogens is 2. The van der Waals surface area contributed by atoms with E-state index in [0.29, 0.717) is 12.1 Å². The van der Waals surface area contributed by atoms with Crippen LogP contribution in [0.4, 0.5) is 0 Å². The van der Waals surface area contributed by atoms with Crippen molar-refractivity contribution in [3.8, 4) is 0 Å². The fourth-order valence-electron chi connectivity index (χ4n) is 3.24. The van der Waals surface area contributed by atoms with Crippen LogP contribution < -0.4 is 5.32 Å². The highest BCUT2D eigenvalue weighted by Gasteiger charge is 2.30. The number of hydrogen-bond donors (Lipinski definition) is 1. The topological polar surface area (TPSA) is 29.9 Å². The lowest BCUT2D eigenvalue weighted by Crippen LogP contribution is -2.32. The van der Waals surface area contributed by atoms with E-state index in [-0.39, 0.29) is 0 Å². The molecule has 0 saturated heterocycles. The minimum Gasteiger partial charge on any atom is -0.330 e. The van der Waals surface area contributed by atoms with Crippen molar-refractivity contribution < 1.29 is 0 Å². The summed E-state index contributed by atoms with van der Waals surface area (Å²) in [5.74, 6) is 0. The molecule has 1 aromatic heterocycles. The lowest BCUT2D eigenvalue weighted by atomic mass is 9.84. The fourth-order valence-corrected chi connectivity index (χ4v) is 3.24. The summed E-state index contributed by atoms with van der Waals surface area (Å²) in [6.07, 6.45) is 4.31. The number of aryl methyl sites for hydroxylation is 2. The van der Waals surface area contributed by atoms with Crippen LogP contribution in [0.3, 0.4) is 0 Å². The molecule has 3 nitrogen and oxygen atoms in total. The van der Waals surface area contributed by atoms with Crippen LogP contribution in [0.2, 0.25) is 0 Å². The molecule has 19 heavy (non-hydrogen) atoms. The van der Waals surface area contributed by atoms with Gasteiger partial charge in [0.2, 0.25) is 0 Å². The van der Waals surface area contributed by atoms with Crippen molar-refractivity contribution in [3.05, 3.63) is 53.1 Å². The van der Waals surface area contributed by atoms with Gasteiger partial charge < -0.3 is 9.88 Å². The summed E-state index contributed by atoms with van der Waals surface area (Å²) in [4.78, 5) is 4.45. The molecule has 1 aromatic carbocycles. The molecule has 3 rings (SSSR count). The molecule has 1 aliphatic rings. The van der Waals surface area contributed by atoms with Crippen LogP contribution in [0.1, 0.15) is 41.0 Å². The van der Waals surface area contributed by atoms with E-state index in [1.54, 1.807) is 0 Å². The normalized spacial score (nSPS) is 22.3. The number of nitrogens with zero attached hydrogens (tertiary/aromatic N) is 2. The predicted octanol–water partition coefficient (Wildman–Crippen LogP) is 2.95. The second kappa shape index (κ2) is 4.82. The molecule has 0 aliphatic heterocycles. The van der Waals surface area contributed by atoms with Gasteiger partial charge in [-0.05, 0) is 44.9 Å². The number of likely N-dealkylation sites (N-methyl/N-ethyl adjacent to an activating group) is 1. The van der Waals surface area contributed by atoms with Crippen molar-refractivity contribution in [2.45, 2.75) is 38.8 Å². The lowest BCUT2D eigenvalue weighted by molar-refractivity contribution is 0.328. The second-order valence-electron chi connectivity index (χ2n) is 5.39. The van der Waals surface area contributed by atoms with Gasteiger partial charge in [-0.1, -0.05) is 24.3 Å². The van der Waals surface area contributed by atoms with Gasteiger partial charge in [0.15, 0.2) is 0 Å². The van der Waals surface area contributed by atoms with E-state index in [1.807, 2.05) is 6.33 Å². The third-order valence-corrected chi connectivity index (χ3v) is 4.44. The highest BCUT2D eigenvalue weighted by molar-refractivity contribution is 5.34. The predicted molar refractivity (Wildman–Crippen MR) is 77.3 cm³/mol. The van der Waals surface area contributed by atoms with Crippen LogP contribution in [-0.4, -0.2) is 16.6 Å². The zero-order chi connectivity index (χ0) is 13.4. The zero-order valence-electron chi connectivity index (χ0n) is 11.9. The summed E-state index contributed by atoms with van der Waals surface area (Å²) in [5.41, 5.74) is 5.33. The Morgan fingerprint density at radius 1 is 1.26 bits per heavy atom. The van der Waals surface area contributed by atoms with E-state index in [1.165, 1.54) is 23.2 Å². The van der Waals surface area contributed by atoms with E-state index in [4.69, 9.17) is 0 Å². The number of nitrogens with one attached hydrogen (secondary N) is 1. The van der Waals surface area contributed by atoms with Crippen LogP contribution in [0.25, 0.3) is 0 Å². The molecule has 2 aromatic rings. The maximum atomic E-state index is 4.45. The third-order valence-electron chi connectivity index (χ3n) is 4.44. The second-order valence-corrected chi connectivity index (χ2v) is 5.39. The Balaban J connectivity index is 2.03. The first-order valence-electron chi connectivity index (χ1n) is 6.97. The number of rotatable bonds is 2. The molecule has 2 atom stereocenters. The summed E-state index contributed by atoms with van der Waals surface area (Å²) in [5, 5.41) is 3.50. The minimum atomic E-state index is 0.372. The summed E-state index contributed by atoms with van der Waals surface area (Å²) >= 11 is 0. The van der Waals surface area contributed by atoms with Crippen molar-refractivity contribution in [2.24, 2.45) is 0 Å². The van der Waals surface area contributed by atoms with Gasteiger partial charge in [-0.3, -0.25) is 0 Å². The van der Waals surface area contributed by atoms with Crippen molar-refractivity contribution >= 4 is 0 Å². The van der Waals surface area contributed by atoms with Crippen molar-refractivity contribution in [1.82, 2.24) is 14.9 Å². The Morgan fingerprint density at radius 2 is 2.05 bits per heavy atom. The molecule has 0 radical (unpaired) electrons. The fraction of sp³-hybridized carbons (Fsp3) is 0.438. The monoisotopic (exact) mass is 255 g/mol.